The average molecular weight is 480 g/mol. The molecule has 2 aromatic rings. The Morgan fingerprint density at radius 2 is 1.93 bits per heavy atom. The standard InChI is InChI=1S/C22H19Cl2NO3S2/c1-3-9-25-21(26)20(30-22(25)29)12-14-6-8-18(19(11-14)27-4-2)28-13-15-5-7-16(23)17(24)10-15/h3,5-8,10-12H,1,4,9,13H2,2H3/b20-12+. The largest absolute Gasteiger partial charge is 0.490 e. The van der Waals surface area contributed by atoms with Crippen LogP contribution in [0.5, 0.6) is 11.5 Å². The van der Waals surface area contributed by atoms with Gasteiger partial charge in [-0.3, -0.25) is 9.69 Å². The summed E-state index contributed by atoms with van der Waals surface area (Å²) in [5, 5.41) is 0.977. The molecule has 1 fully saturated rings. The Kier molecular flexibility index (Phi) is 7.83. The maximum absolute atomic E-state index is 12.5. The minimum Gasteiger partial charge on any atom is -0.490 e. The van der Waals surface area contributed by atoms with Crippen LogP contribution in [0.3, 0.4) is 0 Å². The molecule has 0 atom stereocenters. The molecule has 0 aromatic heterocycles. The Bertz CT molecular complexity index is 1020. The Morgan fingerprint density at radius 3 is 2.63 bits per heavy atom. The third-order valence-corrected chi connectivity index (χ3v) is 6.25. The van der Waals surface area contributed by atoms with Gasteiger partial charge in [-0.1, -0.05) is 65.4 Å². The summed E-state index contributed by atoms with van der Waals surface area (Å²) in [4.78, 5) is 14.6. The van der Waals surface area contributed by atoms with Gasteiger partial charge in [0.05, 0.1) is 21.6 Å². The smallest absolute Gasteiger partial charge is 0.266 e. The highest BCUT2D eigenvalue weighted by Gasteiger charge is 2.31. The zero-order valence-electron chi connectivity index (χ0n) is 16.2. The minimum absolute atomic E-state index is 0.122. The highest BCUT2D eigenvalue weighted by Crippen LogP contribution is 2.35. The van der Waals surface area contributed by atoms with Crippen molar-refractivity contribution < 1.29 is 14.3 Å². The number of nitrogens with zero attached hydrogens (tertiary/aromatic N) is 1. The van der Waals surface area contributed by atoms with E-state index >= 15 is 0 Å². The van der Waals surface area contributed by atoms with Crippen LogP contribution in [0.15, 0.2) is 54.0 Å². The maximum Gasteiger partial charge on any atom is 0.266 e. The van der Waals surface area contributed by atoms with Crippen LogP contribution in [0.2, 0.25) is 10.0 Å². The quantitative estimate of drug-likeness (QED) is 0.250. The molecule has 0 bridgehead atoms. The molecule has 4 nitrogen and oxygen atoms in total. The van der Waals surface area contributed by atoms with Crippen LogP contribution in [0.25, 0.3) is 6.08 Å². The van der Waals surface area contributed by atoms with Gasteiger partial charge in [0.25, 0.3) is 5.91 Å². The first-order valence-corrected chi connectivity index (χ1v) is 11.1. The first kappa shape index (κ1) is 22.7. The molecule has 1 heterocycles. The van der Waals surface area contributed by atoms with Gasteiger partial charge in [-0.15, -0.1) is 6.58 Å². The number of hydrogen-bond donors (Lipinski definition) is 0. The average Bonchev–Trinajstić information content (AvgIpc) is 2.98. The van der Waals surface area contributed by atoms with Crippen molar-refractivity contribution in [3.63, 3.8) is 0 Å². The van der Waals surface area contributed by atoms with Crippen LogP contribution in [0, 0.1) is 0 Å². The molecule has 0 radical (unpaired) electrons. The summed E-state index contributed by atoms with van der Waals surface area (Å²) < 4.78 is 12.2. The topological polar surface area (TPSA) is 38.8 Å². The third kappa shape index (κ3) is 5.38. The highest BCUT2D eigenvalue weighted by molar-refractivity contribution is 8.26. The van der Waals surface area contributed by atoms with Crippen molar-refractivity contribution in [3.8, 4) is 11.5 Å². The van der Waals surface area contributed by atoms with E-state index in [0.717, 1.165) is 11.1 Å². The summed E-state index contributed by atoms with van der Waals surface area (Å²) in [6, 6.07) is 10.9. The van der Waals surface area contributed by atoms with Gasteiger partial charge in [-0.2, -0.15) is 0 Å². The summed E-state index contributed by atoms with van der Waals surface area (Å²) in [6.07, 6.45) is 3.45. The number of ether oxygens (including phenoxy) is 2. The van der Waals surface area contributed by atoms with E-state index in [9.17, 15) is 4.79 Å². The molecule has 0 unspecified atom stereocenters. The van der Waals surface area contributed by atoms with Crippen LogP contribution in [-0.4, -0.2) is 28.3 Å². The van der Waals surface area contributed by atoms with Crippen molar-refractivity contribution >= 4 is 63.5 Å². The number of carbonyl (C=O) groups is 1. The van der Waals surface area contributed by atoms with Crippen molar-refractivity contribution in [2.45, 2.75) is 13.5 Å². The number of rotatable bonds is 8. The molecular weight excluding hydrogens is 461 g/mol. The van der Waals surface area contributed by atoms with Gasteiger partial charge >= 0.3 is 0 Å². The highest BCUT2D eigenvalue weighted by atomic mass is 35.5. The van der Waals surface area contributed by atoms with Crippen LogP contribution in [0.1, 0.15) is 18.1 Å². The lowest BCUT2D eigenvalue weighted by Crippen LogP contribution is -2.27. The SMILES string of the molecule is C=CCN1C(=O)/C(=C\c2ccc(OCc3ccc(Cl)c(Cl)c3)c(OCC)c2)SC1=S. The summed E-state index contributed by atoms with van der Waals surface area (Å²) in [5.41, 5.74) is 1.71. The zero-order valence-corrected chi connectivity index (χ0v) is 19.3. The van der Waals surface area contributed by atoms with Gasteiger partial charge in [0.15, 0.2) is 11.5 Å². The van der Waals surface area contributed by atoms with E-state index in [0.29, 0.717) is 50.5 Å². The van der Waals surface area contributed by atoms with Crippen LogP contribution in [0.4, 0.5) is 0 Å². The fourth-order valence-electron chi connectivity index (χ4n) is 2.73. The molecule has 0 aliphatic carbocycles. The van der Waals surface area contributed by atoms with E-state index in [-0.39, 0.29) is 5.91 Å². The van der Waals surface area contributed by atoms with Gasteiger partial charge in [0, 0.05) is 6.54 Å². The summed E-state index contributed by atoms with van der Waals surface area (Å²) >= 11 is 18.6. The number of benzene rings is 2. The number of halogens is 2. The molecule has 1 aliphatic heterocycles. The molecule has 8 heteroatoms. The van der Waals surface area contributed by atoms with Gasteiger partial charge in [0.2, 0.25) is 0 Å². The molecule has 0 saturated carbocycles. The first-order chi connectivity index (χ1) is 14.4. The second kappa shape index (κ2) is 10.4. The zero-order chi connectivity index (χ0) is 21.7. The maximum atomic E-state index is 12.5. The van der Waals surface area contributed by atoms with Gasteiger partial charge in [0.1, 0.15) is 10.9 Å². The van der Waals surface area contributed by atoms with Crippen LogP contribution >= 0.6 is 47.2 Å². The van der Waals surface area contributed by atoms with Crippen molar-refractivity contribution in [1.29, 1.82) is 0 Å². The number of thiocarbonyl (C=S) groups is 1. The van der Waals surface area contributed by atoms with E-state index in [2.05, 4.69) is 6.58 Å². The van der Waals surface area contributed by atoms with Crippen molar-refractivity contribution in [1.82, 2.24) is 4.90 Å². The van der Waals surface area contributed by atoms with E-state index in [1.807, 2.05) is 31.2 Å². The summed E-state index contributed by atoms with van der Waals surface area (Å²) in [6.45, 7) is 6.76. The van der Waals surface area contributed by atoms with E-state index < -0.39 is 0 Å². The molecule has 156 valence electrons. The lowest BCUT2D eigenvalue weighted by Gasteiger charge is -2.13. The normalized spacial score (nSPS) is 15.0. The number of amides is 1. The fraction of sp³-hybridized carbons (Fsp3) is 0.182. The molecule has 1 amide bonds. The van der Waals surface area contributed by atoms with Crippen LogP contribution < -0.4 is 9.47 Å². The Labute approximate surface area is 195 Å². The van der Waals surface area contributed by atoms with E-state index in [4.69, 9.17) is 44.9 Å². The Hall–Kier alpha value is -1.99. The lowest BCUT2D eigenvalue weighted by molar-refractivity contribution is -0.121. The summed E-state index contributed by atoms with van der Waals surface area (Å²) in [5.74, 6) is 1.06. The minimum atomic E-state index is -0.122. The molecule has 0 N–H and O–H groups in total. The monoisotopic (exact) mass is 479 g/mol. The third-order valence-electron chi connectivity index (χ3n) is 4.13. The van der Waals surface area contributed by atoms with Gasteiger partial charge < -0.3 is 9.47 Å². The molecule has 0 spiro atoms. The molecule has 30 heavy (non-hydrogen) atoms. The number of carbonyl (C=O) groups excluding carboxylic acids is 1. The van der Waals surface area contributed by atoms with E-state index in [1.54, 1.807) is 24.3 Å². The van der Waals surface area contributed by atoms with Gasteiger partial charge in [-0.25, -0.2) is 0 Å². The Morgan fingerprint density at radius 1 is 1.13 bits per heavy atom. The lowest BCUT2D eigenvalue weighted by atomic mass is 10.1. The molecule has 2 aromatic carbocycles. The molecule has 1 aliphatic rings. The molecule has 1 saturated heterocycles. The fourth-order valence-corrected chi connectivity index (χ4v) is 4.33. The Balaban J connectivity index is 1.79. The van der Waals surface area contributed by atoms with Crippen molar-refractivity contribution in [2.24, 2.45) is 0 Å². The number of thioether (sulfide) groups is 1. The number of hydrogen-bond acceptors (Lipinski definition) is 5. The van der Waals surface area contributed by atoms with Crippen molar-refractivity contribution in [2.75, 3.05) is 13.2 Å². The van der Waals surface area contributed by atoms with Gasteiger partial charge in [-0.05, 0) is 48.4 Å². The predicted molar refractivity (Wildman–Crippen MR) is 128 cm³/mol. The molecule has 3 rings (SSSR count). The summed E-state index contributed by atoms with van der Waals surface area (Å²) in [7, 11) is 0. The van der Waals surface area contributed by atoms with E-state index in [1.165, 1.54) is 16.7 Å². The second-order valence-electron chi connectivity index (χ2n) is 6.26. The molecular formula is C22H19Cl2NO3S2. The predicted octanol–water partition coefficient (Wildman–Crippen LogP) is 6.36. The van der Waals surface area contributed by atoms with Crippen LogP contribution in [-0.2, 0) is 11.4 Å². The van der Waals surface area contributed by atoms with Crippen molar-refractivity contribution in [3.05, 3.63) is 75.1 Å². The first-order valence-electron chi connectivity index (χ1n) is 9.12. The second-order valence-corrected chi connectivity index (χ2v) is 8.75.